The summed E-state index contributed by atoms with van der Waals surface area (Å²) < 4.78 is 26.3. The van der Waals surface area contributed by atoms with Gasteiger partial charge in [0.2, 0.25) is 5.95 Å². The summed E-state index contributed by atoms with van der Waals surface area (Å²) >= 11 is 0. The lowest BCUT2D eigenvalue weighted by Gasteiger charge is -2.23. The number of halogens is 2. The molecule has 0 aliphatic heterocycles. The molecule has 1 rings (SSSR count). The van der Waals surface area contributed by atoms with Crippen LogP contribution in [0.5, 0.6) is 0 Å². The molecular weight excluding hydrogens is 282 g/mol. The number of aromatic nitrogens is 1. The van der Waals surface area contributed by atoms with Gasteiger partial charge in [-0.25, -0.2) is 9.37 Å². The molecular formula is C14H18F2N2O3. The van der Waals surface area contributed by atoms with E-state index in [1.165, 1.54) is 0 Å². The highest BCUT2D eigenvalue weighted by atomic mass is 19.2. The van der Waals surface area contributed by atoms with E-state index in [-0.39, 0.29) is 18.4 Å². The van der Waals surface area contributed by atoms with Crippen LogP contribution in [0.25, 0.3) is 0 Å². The number of carboxylic acid groups (broad SMARTS) is 1. The van der Waals surface area contributed by atoms with Gasteiger partial charge in [0, 0.05) is 19.2 Å². The van der Waals surface area contributed by atoms with Crippen LogP contribution < -0.4 is 5.32 Å². The van der Waals surface area contributed by atoms with Gasteiger partial charge in [-0.3, -0.25) is 9.59 Å². The molecule has 0 radical (unpaired) electrons. The van der Waals surface area contributed by atoms with Crippen molar-refractivity contribution >= 4 is 11.9 Å². The standard InChI is InChI=1S/C14H18F2N2O3/c1-14(2,5-3-10(19)20)6-8-18-13(21)9-4-7-17-12(16)11(9)15/h4,7H,3,5-6,8H2,1-2H3,(H,18,21)(H,19,20). The van der Waals surface area contributed by atoms with Crippen molar-refractivity contribution in [3.63, 3.8) is 0 Å². The molecule has 0 aliphatic rings. The first-order valence-corrected chi connectivity index (χ1v) is 6.53. The fourth-order valence-corrected chi connectivity index (χ4v) is 1.77. The molecule has 0 saturated heterocycles. The molecule has 2 N–H and O–H groups in total. The van der Waals surface area contributed by atoms with Gasteiger partial charge < -0.3 is 10.4 Å². The molecule has 0 bridgehead atoms. The molecule has 1 aromatic rings. The first-order chi connectivity index (χ1) is 9.73. The SMILES string of the molecule is CC(C)(CCNC(=O)c1ccnc(F)c1F)CCC(=O)O. The fraction of sp³-hybridized carbons (Fsp3) is 0.500. The predicted molar refractivity (Wildman–Crippen MR) is 71.8 cm³/mol. The summed E-state index contributed by atoms with van der Waals surface area (Å²) in [7, 11) is 0. The number of nitrogens with zero attached hydrogens (tertiary/aromatic N) is 1. The molecule has 0 atom stereocenters. The lowest BCUT2D eigenvalue weighted by Crippen LogP contribution is -2.29. The zero-order valence-corrected chi connectivity index (χ0v) is 11.9. The molecule has 21 heavy (non-hydrogen) atoms. The van der Waals surface area contributed by atoms with E-state index in [0.29, 0.717) is 12.8 Å². The first kappa shape index (κ1) is 17.0. The summed E-state index contributed by atoms with van der Waals surface area (Å²) in [4.78, 5) is 25.4. The van der Waals surface area contributed by atoms with Crippen molar-refractivity contribution in [1.29, 1.82) is 0 Å². The molecule has 0 spiro atoms. The molecule has 0 saturated carbocycles. The monoisotopic (exact) mass is 300 g/mol. The number of nitrogens with one attached hydrogen (secondary N) is 1. The third-order valence-corrected chi connectivity index (χ3v) is 3.19. The molecule has 116 valence electrons. The highest BCUT2D eigenvalue weighted by Crippen LogP contribution is 2.26. The summed E-state index contributed by atoms with van der Waals surface area (Å²) in [5.74, 6) is -4.19. The third-order valence-electron chi connectivity index (χ3n) is 3.19. The van der Waals surface area contributed by atoms with Gasteiger partial charge in [0.15, 0.2) is 5.82 Å². The van der Waals surface area contributed by atoms with Crippen molar-refractivity contribution in [2.75, 3.05) is 6.54 Å². The van der Waals surface area contributed by atoms with Crippen LogP contribution in [0.2, 0.25) is 0 Å². The third kappa shape index (κ3) is 5.45. The Bertz CT molecular complexity index is 533. The van der Waals surface area contributed by atoms with Crippen LogP contribution >= 0.6 is 0 Å². The Morgan fingerprint density at radius 3 is 2.62 bits per heavy atom. The zero-order valence-electron chi connectivity index (χ0n) is 11.9. The second-order valence-corrected chi connectivity index (χ2v) is 5.53. The van der Waals surface area contributed by atoms with E-state index in [9.17, 15) is 18.4 Å². The molecule has 0 fully saturated rings. The van der Waals surface area contributed by atoms with Crippen molar-refractivity contribution in [3.8, 4) is 0 Å². The van der Waals surface area contributed by atoms with Crippen molar-refractivity contribution < 1.29 is 23.5 Å². The number of rotatable bonds is 7. The Hall–Kier alpha value is -2.05. The lowest BCUT2D eigenvalue weighted by molar-refractivity contribution is -0.137. The number of carboxylic acids is 1. The highest BCUT2D eigenvalue weighted by molar-refractivity contribution is 5.94. The molecule has 1 amide bonds. The number of carbonyl (C=O) groups excluding carboxylic acids is 1. The maximum atomic E-state index is 13.4. The molecule has 0 aromatic carbocycles. The van der Waals surface area contributed by atoms with E-state index in [4.69, 9.17) is 5.11 Å². The molecule has 1 aromatic heterocycles. The Labute approximate surface area is 121 Å². The Morgan fingerprint density at radius 2 is 2.00 bits per heavy atom. The first-order valence-electron chi connectivity index (χ1n) is 6.53. The van der Waals surface area contributed by atoms with Crippen LogP contribution in [-0.2, 0) is 4.79 Å². The van der Waals surface area contributed by atoms with Crippen LogP contribution in [0.15, 0.2) is 12.3 Å². The number of hydrogen-bond acceptors (Lipinski definition) is 3. The van der Waals surface area contributed by atoms with Crippen LogP contribution in [0.1, 0.15) is 43.5 Å². The van der Waals surface area contributed by atoms with Gasteiger partial charge in [0.25, 0.3) is 5.91 Å². The maximum absolute atomic E-state index is 13.4. The minimum Gasteiger partial charge on any atom is -0.481 e. The Morgan fingerprint density at radius 1 is 1.33 bits per heavy atom. The van der Waals surface area contributed by atoms with E-state index in [1.54, 1.807) is 0 Å². The number of pyridine rings is 1. The highest BCUT2D eigenvalue weighted by Gasteiger charge is 2.20. The van der Waals surface area contributed by atoms with Gasteiger partial charge in [0.1, 0.15) is 0 Å². The summed E-state index contributed by atoms with van der Waals surface area (Å²) in [5.41, 5.74) is -0.667. The van der Waals surface area contributed by atoms with Crippen molar-refractivity contribution in [1.82, 2.24) is 10.3 Å². The Balaban J connectivity index is 2.50. The zero-order chi connectivity index (χ0) is 16.0. The molecule has 5 nitrogen and oxygen atoms in total. The quantitative estimate of drug-likeness (QED) is 0.758. The van der Waals surface area contributed by atoms with Crippen LogP contribution in [-0.4, -0.2) is 28.5 Å². The molecule has 0 unspecified atom stereocenters. The second-order valence-electron chi connectivity index (χ2n) is 5.53. The number of amides is 1. The molecule has 1 heterocycles. The van der Waals surface area contributed by atoms with Gasteiger partial charge in [-0.1, -0.05) is 13.8 Å². The van der Waals surface area contributed by atoms with E-state index in [1.807, 2.05) is 13.8 Å². The van der Waals surface area contributed by atoms with Crippen LogP contribution in [0, 0.1) is 17.2 Å². The number of aliphatic carboxylic acids is 1. The van der Waals surface area contributed by atoms with E-state index < -0.39 is 29.2 Å². The molecule has 0 aliphatic carbocycles. The van der Waals surface area contributed by atoms with Gasteiger partial charge in [-0.15, -0.1) is 0 Å². The lowest BCUT2D eigenvalue weighted by atomic mass is 9.84. The van der Waals surface area contributed by atoms with Gasteiger partial charge >= 0.3 is 5.97 Å². The average molecular weight is 300 g/mol. The van der Waals surface area contributed by atoms with Crippen LogP contribution in [0.3, 0.4) is 0 Å². The normalized spacial score (nSPS) is 11.2. The minimum atomic E-state index is -1.32. The average Bonchev–Trinajstić information content (AvgIpc) is 2.39. The van der Waals surface area contributed by atoms with Gasteiger partial charge in [-0.05, 0) is 24.3 Å². The summed E-state index contributed by atoms with van der Waals surface area (Å²) in [5, 5.41) is 11.1. The van der Waals surface area contributed by atoms with Gasteiger partial charge in [0.05, 0.1) is 5.56 Å². The second kappa shape index (κ2) is 7.10. The fourth-order valence-electron chi connectivity index (χ4n) is 1.77. The van der Waals surface area contributed by atoms with E-state index in [0.717, 1.165) is 12.3 Å². The minimum absolute atomic E-state index is 0.0468. The maximum Gasteiger partial charge on any atom is 0.303 e. The summed E-state index contributed by atoms with van der Waals surface area (Å²) in [6.07, 6.45) is 2.06. The number of carbonyl (C=O) groups is 2. The van der Waals surface area contributed by atoms with Crippen LogP contribution in [0.4, 0.5) is 8.78 Å². The van der Waals surface area contributed by atoms with E-state index >= 15 is 0 Å². The van der Waals surface area contributed by atoms with Gasteiger partial charge in [-0.2, -0.15) is 4.39 Å². The van der Waals surface area contributed by atoms with Crippen molar-refractivity contribution in [3.05, 3.63) is 29.6 Å². The summed E-state index contributed by atoms with van der Waals surface area (Å²) in [6, 6.07) is 1.10. The number of hydrogen-bond donors (Lipinski definition) is 2. The Kier molecular flexibility index (Phi) is 5.75. The smallest absolute Gasteiger partial charge is 0.303 e. The topological polar surface area (TPSA) is 79.3 Å². The van der Waals surface area contributed by atoms with Crippen molar-refractivity contribution in [2.45, 2.75) is 33.1 Å². The summed E-state index contributed by atoms with van der Waals surface area (Å²) in [6.45, 7) is 4.01. The largest absolute Gasteiger partial charge is 0.481 e. The van der Waals surface area contributed by atoms with E-state index in [2.05, 4.69) is 10.3 Å². The predicted octanol–water partition coefficient (Wildman–Crippen LogP) is 2.37. The van der Waals surface area contributed by atoms with Crippen molar-refractivity contribution in [2.24, 2.45) is 5.41 Å². The molecule has 7 heteroatoms.